The van der Waals surface area contributed by atoms with Crippen molar-refractivity contribution < 1.29 is 9.53 Å². The number of ether oxygens (including phenoxy) is 1. The Balaban J connectivity index is 1.93. The summed E-state index contributed by atoms with van der Waals surface area (Å²) in [5.74, 6) is 0.569. The van der Waals surface area contributed by atoms with Crippen LogP contribution in [0.2, 0.25) is 0 Å². The van der Waals surface area contributed by atoms with Gasteiger partial charge in [-0.2, -0.15) is 0 Å². The highest BCUT2D eigenvalue weighted by Gasteiger charge is 2.33. The average molecular weight is 247 g/mol. The van der Waals surface area contributed by atoms with Crippen LogP contribution in [0.5, 0.6) is 0 Å². The molecule has 0 radical (unpaired) electrons. The van der Waals surface area contributed by atoms with Crippen molar-refractivity contribution in [2.45, 2.75) is 38.8 Å². The molecule has 18 heavy (non-hydrogen) atoms. The van der Waals surface area contributed by atoms with Crippen LogP contribution in [0.1, 0.15) is 38.3 Å². The molecule has 1 aliphatic rings. The van der Waals surface area contributed by atoms with Crippen LogP contribution in [-0.4, -0.2) is 18.6 Å². The molecule has 0 aromatic heterocycles. The van der Waals surface area contributed by atoms with E-state index in [0.29, 0.717) is 5.92 Å². The fourth-order valence-corrected chi connectivity index (χ4v) is 2.02. The van der Waals surface area contributed by atoms with E-state index in [1.165, 1.54) is 18.4 Å². The van der Waals surface area contributed by atoms with Gasteiger partial charge in [-0.1, -0.05) is 30.3 Å². The van der Waals surface area contributed by atoms with Crippen LogP contribution >= 0.6 is 0 Å². The Kier molecular flexibility index (Phi) is 4.37. The minimum Gasteiger partial charge on any atom is -0.369 e. The molecule has 0 saturated heterocycles. The van der Waals surface area contributed by atoms with E-state index in [0.717, 1.165) is 0 Å². The maximum Gasteiger partial charge on any atom is 0.246 e. The molecule has 1 aromatic rings. The largest absolute Gasteiger partial charge is 0.369 e. The maximum absolute atomic E-state index is 11.8. The van der Waals surface area contributed by atoms with E-state index in [9.17, 15) is 4.79 Å². The summed E-state index contributed by atoms with van der Waals surface area (Å²) < 4.78 is 5.33. The van der Waals surface area contributed by atoms with Gasteiger partial charge >= 0.3 is 0 Å². The second-order valence-corrected chi connectivity index (χ2v) is 5.15. The van der Waals surface area contributed by atoms with Crippen molar-refractivity contribution >= 4 is 5.91 Å². The van der Waals surface area contributed by atoms with Crippen LogP contribution in [0.3, 0.4) is 0 Å². The molecule has 3 nitrogen and oxygen atoms in total. The highest BCUT2D eigenvalue weighted by molar-refractivity contribution is 5.77. The minimum atomic E-state index is -0.0237. The van der Waals surface area contributed by atoms with E-state index in [2.05, 4.69) is 17.4 Å². The predicted octanol–water partition coefficient (Wildman–Crippen LogP) is 2.68. The van der Waals surface area contributed by atoms with Crippen LogP contribution in [0.25, 0.3) is 0 Å². The molecule has 1 unspecified atom stereocenters. The molecule has 1 atom stereocenters. The number of hydrogen-bond acceptors (Lipinski definition) is 2. The lowest BCUT2D eigenvalue weighted by Crippen LogP contribution is -2.33. The zero-order valence-electron chi connectivity index (χ0n) is 11.1. The van der Waals surface area contributed by atoms with E-state index >= 15 is 0 Å². The molecular formula is C15H21NO2. The van der Waals surface area contributed by atoms with Gasteiger partial charge in [0.2, 0.25) is 5.91 Å². The zero-order valence-corrected chi connectivity index (χ0v) is 11.1. The molecule has 1 amide bonds. The standard InChI is InChI=1S/C15H21NO2/c1-11(2)18-10-14(17)16-15(13-8-9-13)12-6-4-3-5-7-12/h3-7,11,13,15H,8-10H2,1-2H3,(H,16,17). The van der Waals surface area contributed by atoms with Gasteiger partial charge in [-0.15, -0.1) is 0 Å². The Hall–Kier alpha value is -1.35. The van der Waals surface area contributed by atoms with Gasteiger partial charge < -0.3 is 10.1 Å². The van der Waals surface area contributed by atoms with E-state index in [-0.39, 0.29) is 24.7 Å². The molecule has 1 aliphatic carbocycles. The first-order valence-corrected chi connectivity index (χ1v) is 6.62. The molecule has 2 rings (SSSR count). The van der Waals surface area contributed by atoms with Gasteiger partial charge in [0.05, 0.1) is 12.1 Å². The SMILES string of the molecule is CC(C)OCC(=O)NC(c1ccccc1)C1CC1. The summed E-state index contributed by atoms with van der Waals surface area (Å²) in [6, 6.07) is 10.3. The van der Waals surface area contributed by atoms with Crippen molar-refractivity contribution in [1.82, 2.24) is 5.32 Å². The van der Waals surface area contributed by atoms with Gasteiger partial charge in [-0.25, -0.2) is 0 Å². The molecule has 1 N–H and O–H groups in total. The molecule has 3 heteroatoms. The third-order valence-corrected chi connectivity index (χ3v) is 3.12. The van der Waals surface area contributed by atoms with Crippen LogP contribution in [0, 0.1) is 5.92 Å². The minimum absolute atomic E-state index is 0.0237. The second-order valence-electron chi connectivity index (χ2n) is 5.15. The number of hydrogen-bond donors (Lipinski definition) is 1. The average Bonchev–Trinajstić information content (AvgIpc) is 3.19. The summed E-state index contributed by atoms with van der Waals surface area (Å²) in [6.45, 7) is 4.01. The van der Waals surface area contributed by atoms with Crippen LogP contribution in [0.4, 0.5) is 0 Å². The number of carbonyl (C=O) groups excluding carboxylic acids is 1. The summed E-state index contributed by atoms with van der Waals surface area (Å²) >= 11 is 0. The van der Waals surface area contributed by atoms with Crippen molar-refractivity contribution in [3.8, 4) is 0 Å². The lowest BCUT2D eigenvalue weighted by atomic mass is 10.0. The number of amides is 1. The first kappa shape index (κ1) is 13.1. The van der Waals surface area contributed by atoms with E-state index in [1.807, 2.05) is 32.0 Å². The van der Waals surface area contributed by atoms with Crippen molar-refractivity contribution in [2.75, 3.05) is 6.61 Å². The Morgan fingerprint density at radius 3 is 2.56 bits per heavy atom. The smallest absolute Gasteiger partial charge is 0.246 e. The van der Waals surface area contributed by atoms with Gasteiger partial charge in [0.25, 0.3) is 0 Å². The van der Waals surface area contributed by atoms with Gasteiger partial charge in [0.15, 0.2) is 0 Å². The number of carbonyl (C=O) groups is 1. The molecule has 1 fully saturated rings. The highest BCUT2D eigenvalue weighted by Crippen LogP contribution is 2.40. The summed E-state index contributed by atoms with van der Waals surface area (Å²) in [5.41, 5.74) is 1.19. The highest BCUT2D eigenvalue weighted by atomic mass is 16.5. The fraction of sp³-hybridized carbons (Fsp3) is 0.533. The monoisotopic (exact) mass is 247 g/mol. The fourth-order valence-electron chi connectivity index (χ4n) is 2.02. The zero-order chi connectivity index (χ0) is 13.0. The normalized spacial score (nSPS) is 16.6. The molecule has 1 saturated carbocycles. The predicted molar refractivity (Wildman–Crippen MR) is 71.1 cm³/mol. The van der Waals surface area contributed by atoms with Gasteiger partial charge in [0, 0.05) is 0 Å². The lowest BCUT2D eigenvalue weighted by Gasteiger charge is -2.19. The summed E-state index contributed by atoms with van der Waals surface area (Å²) in [4.78, 5) is 11.8. The molecule has 0 spiro atoms. The Labute approximate surface area is 109 Å². The molecule has 98 valence electrons. The van der Waals surface area contributed by atoms with Gasteiger partial charge in [0.1, 0.15) is 6.61 Å². The molecular weight excluding hydrogens is 226 g/mol. The van der Waals surface area contributed by atoms with Crippen molar-refractivity contribution in [2.24, 2.45) is 5.92 Å². The molecule has 1 aromatic carbocycles. The van der Waals surface area contributed by atoms with Crippen LogP contribution in [-0.2, 0) is 9.53 Å². The third kappa shape index (κ3) is 3.84. The maximum atomic E-state index is 11.8. The van der Waals surface area contributed by atoms with Crippen molar-refractivity contribution in [1.29, 1.82) is 0 Å². The molecule has 0 heterocycles. The number of rotatable bonds is 6. The first-order chi connectivity index (χ1) is 8.66. The van der Waals surface area contributed by atoms with Crippen LogP contribution < -0.4 is 5.32 Å². The Morgan fingerprint density at radius 1 is 1.33 bits per heavy atom. The van der Waals surface area contributed by atoms with E-state index < -0.39 is 0 Å². The summed E-state index contributed by atoms with van der Waals surface area (Å²) in [7, 11) is 0. The molecule has 0 bridgehead atoms. The summed E-state index contributed by atoms with van der Waals surface area (Å²) in [5, 5.41) is 3.09. The van der Waals surface area contributed by atoms with E-state index in [4.69, 9.17) is 4.74 Å². The first-order valence-electron chi connectivity index (χ1n) is 6.62. The third-order valence-electron chi connectivity index (χ3n) is 3.12. The van der Waals surface area contributed by atoms with Gasteiger partial charge in [-0.05, 0) is 38.2 Å². The van der Waals surface area contributed by atoms with Crippen molar-refractivity contribution in [3.05, 3.63) is 35.9 Å². The lowest BCUT2D eigenvalue weighted by molar-refractivity contribution is -0.128. The van der Waals surface area contributed by atoms with Crippen LogP contribution in [0.15, 0.2) is 30.3 Å². The van der Waals surface area contributed by atoms with Gasteiger partial charge in [-0.3, -0.25) is 4.79 Å². The Morgan fingerprint density at radius 2 is 2.00 bits per heavy atom. The number of benzene rings is 1. The quantitative estimate of drug-likeness (QED) is 0.839. The Bertz CT molecular complexity index is 385. The number of nitrogens with one attached hydrogen (secondary N) is 1. The summed E-state index contributed by atoms with van der Waals surface area (Å²) in [6.07, 6.45) is 2.49. The topological polar surface area (TPSA) is 38.3 Å². The van der Waals surface area contributed by atoms with E-state index in [1.54, 1.807) is 0 Å². The van der Waals surface area contributed by atoms with Crippen molar-refractivity contribution in [3.63, 3.8) is 0 Å². The molecule has 0 aliphatic heterocycles. The second kappa shape index (κ2) is 6.01.